The van der Waals surface area contributed by atoms with Crippen LogP contribution in [0.15, 0.2) is 170 Å². The molecule has 1 N–H and O–H groups in total. The van der Waals surface area contributed by atoms with Gasteiger partial charge in [-0.1, -0.05) is 24.3 Å². The molecule has 2 aromatic heterocycles. The topological polar surface area (TPSA) is 33.1 Å². The summed E-state index contributed by atoms with van der Waals surface area (Å²) in [6, 6.07) is 59.1. The van der Waals surface area contributed by atoms with Crippen LogP contribution in [-0.4, -0.2) is 9.88 Å². The van der Waals surface area contributed by atoms with Gasteiger partial charge in [0.1, 0.15) is 0 Å². The Morgan fingerprint density at radius 3 is 1.79 bits per heavy atom. The van der Waals surface area contributed by atoms with E-state index in [1.807, 2.05) is 72.0 Å². The zero-order valence-corrected chi connectivity index (χ0v) is 27.3. The van der Waals surface area contributed by atoms with E-state index in [2.05, 4.69) is 109 Å². The fourth-order valence-electron chi connectivity index (χ4n) is 7.05. The van der Waals surface area contributed by atoms with E-state index in [0.717, 1.165) is 49.2 Å². The minimum absolute atomic E-state index is 0.962. The van der Waals surface area contributed by atoms with Crippen LogP contribution in [0.4, 0.5) is 0 Å². The van der Waals surface area contributed by atoms with Gasteiger partial charge in [0.15, 0.2) is 0 Å². The molecule has 7 aromatic carbocycles. The quantitative estimate of drug-likeness (QED) is 0.150. The van der Waals surface area contributed by atoms with Gasteiger partial charge in [0, 0.05) is 10.1 Å². The van der Waals surface area contributed by atoms with Crippen LogP contribution in [0.25, 0.3) is 64.2 Å². The molecule has 0 saturated heterocycles. The molecule has 0 amide bonds. The van der Waals surface area contributed by atoms with Gasteiger partial charge in [-0.2, -0.15) is 0 Å². The molecule has 0 fully saturated rings. The summed E-state index contributed by atoms with van der Waals surface area (Å²) < 4.78 is 2.61. The Hall–Kier alpha value is -5.18. The second-order valence-electron chi connectivity index (χ2n) is 12.0. The fourth-order valence-corrected chi connectivity index (χ4v) is 11.3. The van der Waals surface area contributed by atoms with Crippen molar-refractivity contribution in [2.45, 2.75) is 0 Å². The molecule has 0 spiro atoms. The SMILES string of the molecule is O[PH](c1ccccc1)(c1ccccc1)c1ccc(-c2cccc(-c3nc4ccccc4c4c3ccc3c5ccccc5sc34)c2)cc1. The third kappa shape index (κ3) is 4.59. The van der Waals surface area contributed by atoms with Crippen LogP contribution < -0.4 is 15.9 Å². The fraction of sp³-hybridized carbons (Fsp3) is 0. The van der Waals surface area contributed by atoms with E-state index in [9.17, 15) is 4.89 Å². The molecule has 2 nitrogen and oxygen atoms in total. The Balaban J connectivity index is 1.18. The third-order valence-corrected chi connectivity index (χ3v) is 14.1. The van der Waals surface area contributed by atoms with E-state index in [1.165, 1.54) is 30.9 Å². The van der Waals surface area contributed by atoms with E-state index < -0.39 is 7.49 Å². The normalized spacial score (nSPS) is 12.3. The molecule has 0 aliphatic carbocycles. The molecule has 9 rings (SSSR count). The summed E-state index contributed by atoms with van der Waals surface area (Å²) in [5.41, 5.74) is 5.30. The molecule has 0 atom stereocenters. The molecule has 0 aliphatic heterocycles. The molecule has 224 valence electrons. The molecule has 0 bridgehead atoms. The second-order valence-corrected chi connectivity index (χ2v) is 16.2. The van der Waals surface area contributed by atoms with Crippen LogP contribution in [-0.2, 0) is 0 Å². The van der Waals surface area contributed by atoms with Gasteiger partial charge in [0.05, 0.1) is 0 Å². The minimum atomic E-state index is -3.17. The molecular formula is C43H30NOPS. The van der Waals surface area contributed by atoms with E-state index in [-0.39, 0.29) is 0 Å². The summed E-state index contributed by atoms with van der Waals surface area (Å²) in [6.45, 7) is 0. The molecule has 47 heavy (non-hydrogen) atoms. The van der Waals surface area contributed by atoms with Crippen LogP contribution in [0.1, 0.15) is 0 Å². The average molecular weight is 640 g/mol. The monoisotopic (exact) mass is 639 g/mol. The van der Waals surface area contributed by atoms with Crippen LogP contribution in [0.2, 0.25) is 0 Å². The van der Waals surface area contributed by atoms with E-state index in [4.69, 9.17) is 4.98 Å². The number of hydrogen-bond acceptors (Lipinski definition) is 3. The van der Waals surface area contributed by atoms with Crippen LogP contribution in [0, 0.1) is 0 Å². The number of fused-ring (bicyclic) bond motifs is 7. The molecular weight excluding hydrogens is 610 g/mol. The predicted octanol–water partition coefficient (Wildman–Crippen LogP) is 10.0. The third-order valence-electron chi connectivity index (χ3n) is 9.36. The van der Waals surface area contributed by atoms with Crippen molar-refractivity contribution in [2.24, 2.45) is 0 Å². The number of thiophene rings is 1. The van der Waals surface area contributed by atoms with E-state index >= 15 is 0 Å². The number of rotatable bonds is 5. The Morgan fingerprint density at radius 2 is 1.04 bits per heavy atom. The maximum atomic E-state index is 12.4. The van der Waals surface area contributed by atoms with Gasteiger partial charge in [-0.15, -0.1) is 0 Å². The first-order valence-electron chi connectivity index (χ1n) is 15.9. The number of nitrogens with zero attached hydrogens (tertiary/aromatic N) is 1. The average Bonchev–Trinajstić information content (AvgIpc) is 3.54. The van der Waals surface area contributed by atoms with E-state index in [0.29, 0.717) is 0 Å². The molecule has 0 aliphatic rings. The van der Waals surface area contributed by atoms with Crippen LogP contribution in [0.3, 0.4) is 0 Å². The molecule has 2 heterocycles. The van der Waals surface area contributed by atoms with Crippen molar-refractivity contribution in [3.05, 3.63) is 170 Å². The molecule has 0 saturated carbocycles. The summed E-state index contributed by atoms with van der Waals surface area (Å²) in [5.74, 6) is 0. The number of benzene rings is 7. The Labute approximate surface area is 277 Å². The van der Waals surface area contributed by atoms with Gasteiger partial charge in [-0.05, 0) is 6.07 Å². The summed E-state index contributed by atoms with van der Waals surface area (Å²) in [4.78, 5) is 17.7. The van der Waals surface area contributed by atoms with Crippen molar-refractivity contribution in [3.63, 3.8) is 0 Å². The molecule has 9 aromatic rings. The first-order chi connectivity index (χ1) is 23.2. The van der Waals surface area contributed by atoms with Crippen molar-refractivity contribution >= 4 is 76.6 Å². The first kappa shape index (κ1) is 28.1. The van der Waals surface area contributed by atoms with Gasteiger partial charge in [-0.25, -0.2) is 0 Å². The van der Waals surface area contributed by atoms with E-state index in [1.54, 1.807) is 0 Å². The molecule has 4 heteroatoms. The number of para-hydroxylation sites is 1. The number of aromatic nitrogens is 1. The standard InChI is InChI=1S/C43H30NOPS/c45-46(32-14-3-1-4-15-32,33-16-5-2-6-17-33)34-24-22-29(23-25-34)30-12-11-13-31(28-30)42-38-27-26-36-35-18-8-10-21-40(35)47-43(36)41(38)37-19-7-9-20-39(37)44-42/h1-28,45-46H. The summed E-state index contributed by atoms with van der Waals surface area (Å²) in [6.07, 6.45) is 0. The summed E-state index contributed by atoms with van der Waals surface area (Å²) in [7, 11) is -3.17. The Bertz CT molecular complexity index is 2540. The van der Waals surface area contributed by atoms with Crippen molar-refractivity contribution in [1.82, 2.24) is 4.98 Å². The van der Waals surface area contributed by atoms with Crippen molar-refractivity contribution < 1.29 is 4.89 Å². The maximum absolute atomic E-state index is 12.4. The Kier molecular flexibility index (Phi) is 6.73. The summed E-state index contributed by atoms with van der Waals surface area (Å²) >= 11 is 1.86. The first-order valence-corrected chi connectivity index (χ1v) is 18.6. The van der Waals surface area contributed by atoms with Gasteiger partial charge in [0.25, 0.3) is 0 Å². The Morgan fingerprint density at radius 1 is 0.447 bits per heavy atom. The van der Waals surface area contributed by atoms with Crippen LogP contribution in [0.5, 0.6) is 0 Å². The zero-order valence-electron chi connectivity index (χ0n) is 25.5. The van der Waals surface area contributed by atoms with Crippen LogP contribution >= 0.6 is 18.8 Å². The van der Waals surface area contributed by atoms with Gasteiger partial charge < -0.3 is 0 Å². The molecule has 0 unspecified atom stereocenters. The number of hydrogen-bond donors (Lipinski definition) is 1. The van der Waals surface area contributed by atoms with Gasteiger partial charge in [0.2, 0.25) is 0 Å². The van der Waals surface area contributed by atoms with Crippen molar-refractivity contribution in [1.29, 1.82) is 0 Å². The van der Waals surface area contributed by atoms with Gasteiger partial charge >= 0.3 is 238 Å². The zero-order chi connectivity index (χ0) is 31.4. The second kappa shape index (κ2) is 11.3. The number of pyridine rings is 1. The van der Waals surface area contributed by atoms with Gasteiger partial charge in [-0.3, -0.25) is 0 Å². The summed E-state index contributed by atoms with van der Waals surface area (Å²) in [5, 5.41) is 9.13. The molecule has 0 radical (unpaired) electrons. The van der Waals surface area contributed by atoms with Crippen molar-refractivity contribution in [2.75, 3.05) is 0 Å². The van der Waals surface area contributed by atoms with Crippen molar-refractivity contribution in [3.8, 4) is 22.4 Å². The predicted molar refractivity (Wildman–Crippen MR) is 205 cm³/mol.